The summed E-state index contributed by atoms with van der Waals surface area (Å²) in [5, 5.41) is 19.4. The lowest BCUT2D eigenvalue weighted by Gasteiger charge is -2.14. The summed E-state index contributed by atoms with van der Waals surface area (Å²) in [5.41, 5.74) is 5.26. The van der Waals surface area contributed by atoms with Crippen LogP contribution in [0.5, 0.6) is 0 Å². The van der Waals surface area contributed by atoms with Gasteiger partial charge in [0.05, 0.1) is 16.9 Å². The first-order chi connectivity index (χ1) is 9.32. The van der Waals surface area contributed by atoms with Crippen molar-refractivity contribution in [3.05, 3.63) is 39.9 Å². The Hall–Kier alpha value is -2.48. The summed E-state index contributed by atoms with van der Waals surface area (Å²) in [4.78, 5) is 32.3. The first-order valence-corrected chi connectivity index (χ1v) is 5.74. The van der Waals surface area contributed by atoms with Gasteiger partial charge in [-0.2, -0.15) is 0 Å². The maximum atomic E-state index is 11.5. The minimum Gasteiger partial charge on any atom is -0.480 e. The van der Waals surface area contributed by atoms with Gasteiger partial charge in [0.15, 0.2) is 0 Å². The van der Waals surface area contributed by atoms with E-state index in [1.165, 1.54) is 25.1 Å². The molecule has 1 aromatic carbocycles. The smallest absolute Gasteiger partial charge is 0.321 e. The molecule has 0 saturated carbocycles. The number of hydrogen-bond acceptors (Lipinski definition) is 6. The van der Waals surface area contributed by atoms with Crippen LogP contribution in [0, 0.1) is 10.1 Å². The standard InChI is InChI=1S/C12H14N2O6/c1-7(20-11(15)6-9(13)12(16)17)8-4-2-3-5-10(8)14(18)19/h2-5,7,9H,6,13H2,1H3,(H,16,17)/t7?,9-/m0/s1. The van der Waals surface area contributed by atoms with Gasteiger partial charge in [-0.15, -0.1) is 0 Å². The van der Waals surface area contributed by atoms with E-state index in [9.17, 15) is 19.7 Å². The molecule has 0 amide bonds. The molecule has 3 N–H and O–H groups in total. The van der Waals surface area contributed by atoms with Crippen LogP contribution in [0.2, 0.25) is 0 Å². The third-order valence-electron chi connectivity index (χ3n) is 2.58. The number of nitro groups is 1. The van der Waals surface area contributed by atoms with Gasteiger partial charge < -0.3 is 15.6 Å². The number of hydrogen-bond donors (Lipinski definition) is 2. The van der Waals surface area contributed by atoms with E-state index < -0.39 is 35.4 Å². The Kier molecular flexibility index (Phi) is 5.15. The van der Waals surface area contributed by atoms with E-state index in [1.54, 1.807) is 6.07 Å². The Morgan fingerprint density at radius 1 is 1.45 bits per heavy atom. The highest BCUT2D eigenvalue weighted by atomic mass is 16.6. The SMILES string of the molecule is CC(OC(=O)C[C@H](N)C(=O)O)c1ccccc1[N+](=O)[O-]. The lowest BCUT2D eigenvalue weighted by molar-refractivity contribution is -0.386. The third-order valence-corrected chi connectivity index (χ3v) is 2.58. The fourth-order valence-electron chi connectivity index (χ4n) is 1.57. The number of esters is 1. The average molecular weight is 282 g/mol. The molecule has 0 fully saturated rings. The fraction of sp³-hybridized carbons (Fsp3) is 0.333. The predicted octanol–water partition coefficient (Wildman–Crippen LogP) is 1.00. The van der Waals surface area contributed by atoms with Gasteiger partial charge in [0.25, 0.3) is 5.69 Å². The van der Waals surface area contributed by atoms with Crippen molar-refractivity contribution in [3.63, 3.8) is 0 Å². The van der Waals surface area contributed by atoms with Crippen molar-refractivity contribution in [2.45, 2.75) is 25.5 Å². The molecule has 8 nitrogen and oxygen atoms in total. The summed E-state index contributed by atoms with van der Waals surface area (Å²) in [6.45, 7) is 1.46. The number of carbonyl (C=O) groups is 2. The Morgan fingerprint density at radius 3 is 2.60 bits per heavy atom. The van der Waals surface area contributed by atoms with E-state index in [2.05, 4.69) is 0 Å². The van der Waals surface area contributed by atoms with Crippen LogP contribution in [0.1, 0.15) is 25.0 Å². The van der Waals surface area contributed by atoms with Crippen molar-refractivity contribution in [2.24, 2.45) is 5.73 Å². The number of ether oxygens (including phenoxy) is 1. The number of aliphatic carboxylic acids is 1. The molecule has 0 aliphatic rings. The van der Waals surface area contributed by atoms with Crippen LogP contribution in [0.3, 0.4) is 0 Å². The number of carbonyl (C=O) groups excluding carboxylic acids is 1. The molecule has 0 heterocycles. The molecule has 0 spiro atoms. The molecule has 2 atom stereocenters. The maximum absolute atomic E-state index is 11.5. The second-order valence-electron chi connectivity index (χ2n) is 4.10. The molecule has 8 heteroatoms. The summed E-state index contributed by atoms with van der Waals surface area (Å²) < 4.78 is 4.96. The Labute approximate surface area is 114 Å². The van der Waals surface area contributed by atoms with Crippen LogP contribution in [0.4, 0.5) is 5.69 Å². The van der Waals surface area contributed by atoms with Crippen molar-refractivity contribution in [2.75, 3.05) is 0 Å². The fourth-order valence-corrected chi connectivity index (χ4v) is 1.57. The minimum absolute atomic E-state index is 0.171. The first kappa shape index (κ1) is 15.6. The van der Waals surface area contributed by atoms with Crippen molar-refractivity contribution in [1.82, 2.24) is 0 Å². The van der Waals surface area contributed by atoms with Gasteiger partial charge in [-0.25, -0.2) is 0 Å². The van der Waals surface area contributed by atoms with Crippen LogP contribution in [0.15, 0.2) is 24.3 Å². The van der Waals surface area contributed by atoms with Gasteiger partial charge in [0.1, 0.15) is 12.1 Å². The molecular weight excluding hydrogens is 268 g/mol. The lowest BCUT2D eigenvalue weighted by atomic mass is 10.1. The number of para-hydroxylation sites is 1. The largest absolute Gasteiger partial charge is 0.480 e. The summed E-state index contributed by atoms with van der Waals surface area (Å²) in [6, 6.07) is 4.47. The summed E-state index contributed by atoms with van der Waals surface area (Å²) in [7, 11) is 0. The molecule has 108 valence electrons. The van der Waals surface area contributed by atoms with E-state index in [1.807, 2.05) is 0 Å². The normalized spacial score (nSPS) is 13.3. The monoisotopic (exact) mass is 282 g/mol. The van der Waals surface area contributed by atoms with E-state index in [0.717, 1.165) is 0 Å². The first-order valence-electron chi connectivity index (χ1n) is 5.74. The van der Waals surface area contributed by atoms with Crippen LogP contribution in [-0.2, 0) is 14.3 Å². The Bertz CT molecular complexity index is 530. The molecule has 0 aromatic heterocycles. The molecule has 0 radical (unpaired) electrons. The van der Waals surface area contributed by atoms with E-state index in [-0.39, 0.29) is 11.3 Å². The molecular formula is C12H14N2O6. The number of nitrogens with zero attached hydrogens (tertiary/aromatic N) is 1. The van der Waals surface area contributed by atoms with Gasteiger partial charge in [-0.05, 0) is 13.0 Å². The zero-order chi connectivity index (χ0) is 15.3. The number of nitrogens with two attached hydrogens (primary N) is 1. The molecule has 20 heavy (non-hydrogen) atoms. The zero-order valence-electron chi connectivity index (χ0n) is 10.7. The number of rotatable bonds is 6. The van der Waals surface area contributed by atoms with Crippen LogP contribution in [0.25, 0.3) is 0 Å². The van der Waals surface area contributed by atoms with Gasteiger partial charge >= 0.3 is 11.9 Å². The van der Waals surface area contributed by atoms with Crippen LogP contribution >= 0.6 is 0 Å². The van der Waals surface area contributed by atoms with E-state index >= 15 is 0 Å². The summed E-state index contributed by atoms with van der Waals surface area (Å²) in [5.74, 6) is -2.15. The zero-order valence-corrected chi connectivity index (χ0v) is 10.7. The van der Waals surface area contributed by atoms with E-state index in [4.69, 9.17) is 15.6 Å². The quantitative estimate of drug-likeness (QED) is 0.451. The molecule has 0 saturated heterocycles. The number of carboxylic acid groups (broad SMARTS) is 1. The Morgan fingerprint density at radius 2 is 2.05 bits per heavy atom. The lowest BCUT2D eigenvalue weighted by Crippen LogP contribution is -2.33. The van der Waals surface area contributed by atoms with Gasteiger partial charge in [0, 0.05) is 6.07 Å². The van der Waals surface area contributed by atoms with E-state index in [0.29, 0.717) is 0 Å². The predicted molar refractivity (Wildman–Crippen MR) is 67.8 cm³/mol. The topological polar surface area (TPSA) is 133 Å². The second kappa shape index (κ2) is 6.62. The van der Waals surface area contributed by atoms with Crippen LogP contribution < -0.4 is 5.73 Å². The minimum atomic E-state index is -1.36. The highest BCUT2D eigenvalue weighted by Crippen LogP contribution is 2.27. The summed E-state index contributed by atoms with van der Waals surface area (Å²) in [6.07, 6.45) is -1.37. The van der Waals surface area contributed by atoms with Crippen molar-refractivity contribution >= 4 is 17.6 Å². The van der Waals surface area contributed by atoms with Gasteiger partial charge in [-0.3, -0.25) is 19.7 Å². The highest BCUT2D eigenvalue weighted by Gasteiger charge is 2.23. The van der Waals surface area contributed by atoms with Crippen molar-refractivity contribution in [3.8, 4) is 0 Å². The number of benzene rings is 1. The molecule has 1 aromatic rings. The number of carboxylic acids is 1. The molecule has 1 unspecified atom stereocenters. The Balaban J connectivity index is 2.77. The molecule has 0 aliphatic carbocycles. The third kappa shape index (κ3) is 4.02. The van der Waals surface area contributed by atoms with Gasteiger partial charge in [-0.1, -0.05) is 12.1 Å². The highest BCUT2D eigenvalue weighted by molar-refractivity contribution is 5.81. The molecule has 0 aliphatic heterocycles. The second-order valence-corrected chi connectivity index (χ2v) is 4.10. The number of nitro benzene ring substituents is 1. The van der Waals surface area contributed by atoms with Gasteiger partial charge in [0.2, 0.25) is 0 Å². The molecule has 1 rings (SSSR count). The summed E-state index contributed by atoms with van der Waals surface area (Å²) >= 11 is 0. The van der Waals surface area contributed by atoms with Crippen molar-refractivity contribution in [1.29, 1.82) is 0 Å². The molecule has 0 bridgehead atoms. The van der Waals surface area contributed by atoms with Crippen LogP contribution in [-0.4, -0.2) is 28.0 Å². The average Bonchev–Trinajstić information content (AvgIpc) is 2.38. The maximum Gasteiger partial charge on any atom is 0.321 e. The van der Waals surface area contributed by atoms with Crippen molar-refractivity contribution < 1.29 is 24.4 Å².